The maximum Gasteiger partial charge on any atom is 0.335 e. The lowest BCUT2D eigenvalue weighted by atomic mass is 9.95. The summed E-state index contributed by atoms with van der Waals surface area (Å²) in [6.07, 6.45) is 6.10. The van der Waals surface area contributed by atoms with E-state index in [1.54, 1.807) is 24.3 Å². The molecule has 0 saturated heterocycles. The third-order valence-corrected chi connectivity index (χ3v) is 3.99. The Balaban J connectivity index is 1.92. The fourth-order valence-electron chi connectivity index (χ4n) is 2.36. The van der Waals surface area contributed by atoms with Gasteiger partial charge in [0.1, 0.15) is 5.75 Å². The van der Waals surface area contributed by atoms with Crippen molar-refractivity contribution in [3.63, 3.8) is 0 Å². The molecule has 3 nitrogen and oxygen atoms in total. The van der Waals surface area contributed by atoms with E-state index in [4.69, 9.17) is 4.74 Å². The fourth-order valence-corrected chi connectivity index (χ4v) is 2.36. The number of hydrogen-bond acceptors (Lipinski definition) is 3. The van der Waals surface area contributed by atoms with Crippen molar-refractivity contribution in [2.45, 2.75) is 32.6 Å². The van der Waals surface area contributed by atoms with E-state index in [1.807, 2.05) is 6.08 Å². The molecule has 0 aliphatic rings. The van der Waals surface area contributed by atoms with Gasteiger partial charge in [-0.3, -0.25) is 0 Å². The third-order valence-electron chi connectivity index (χ3n) is 3.99. The van der Waals surface area contributed by atoms with Gasteiger partial charge in [-0.25, -0.2) is 4.79 Å². The molecule has 0 aromatic heterocycles. The summed E-state index contributed by atoms with van der Waals surface area (Å²) in [5.74, 6) is 0.269. The van der Waals surface area contributed by atoms with Crippen LogP contribution in [0.3, 0.4) is 0 Å². The predicted octanol–water partition coefficient (Wildman–Crippen LogP) is 5.39. The van der Waals surface area contributed by atoms with Crippen molar-refractivity contribution in [3.8, 4) is 5.75 Å². The summed E-state index contributed by atoms with van der Waals surface area (Å²) >= 11 is 0. The maximum absolute atomic E-state index is 11.7. The largest absolute Gasteiger partial charge is 0.507 e. The molecule has 0 bridgehead atoms. The SMILES string of the molecule is CC(C)c1cccc(C(C)C=COC(=O)/C=C/c2ccccc2O)c1. The second-order valence-electron chi connectivity index (χ2n) is 6.27. The summed E-state index contributed by atoms with van der Waals surface area (Å²) < 4.78 is 5.09. The number of ether oxygens (including phenoxy) is 1. The molecule has 0 fully saturated rings. The maximum atomic E-state index is 11.7. The number of phenols is 1. The molecule has 0 radical (unpaired) electrons. The third kappa shape index (κ3) is 5.64. The minimum Gasteiger partial charge on any atom is -0.507 e. The van der Waals surface area contributed by atoms with Gasteiger partial charge < -0.3 is 9.84 Å². The zero-order valence-corrected chi connectivity index (χ0v) is 14.8. The number of hydrogen-bond donors (Lipinski definition) is 1. The number of carbonyl (C=O) groups excluding carboxylic acids is 1. The van der Waals surface area contributed by atoms with Crippen molar-refractivity contribution in [2.24, 2.45) is 0 Å². The van der Waals surface area contributed by atoms with Gasteiger partial charge in [-0.05, 0) is 35.3 Å². The van der Waals surface area contributed by atoms with Gasteiger partial charge in [0, 0.05) is 17.6 Å². The lowest BCUT2D eigenvalue weighted by Crippen LogP contribution is -1.96. The van der Waals surface area contributed by atoms with Crippen LogP contribution in [0.2, 0.25) is 0 Å². The van der Waals surface area contributed by atoms with Gasteiger partial charge in [-0.2, -0.15) is 0 Å². The van der Waals surface area contributed by atoms with E-state index in [2.05, 4.69) is 45.0 Å². The van der Waals surface area contributed by atoms with Gasteiger partial charge in [-0.15, -0.1) is 0 Å². The van der Waals surface area contributed by atoms with Crippen molar-refractivity contribution in [3.05, 3.63) is 83.6 Å². The molecular formula is C22H24O3. The zero-order chi connectivity index (χ0) is 18.2. The molecule has 3 heteroatoms. The first kappa shape index (κ1) is 18.5. The summed E-state index contributed by atoms with van der Waals surface area (Å²) in [5.41, 5.74) is 3.05. The van der Waals surface area contributed by atoms with Crippen LogP contribution in [-0.4, -0.2) is 11.1 Å². The van der Waals surface area contributed by atoms with Crippen molar-refractivity contribution in [1.82, 2.24) is 0 Å². The molecular weight excluding hydrogens is 312 g/mol. The van der Waals surface area contributed by atoms with Crippen LogP contribution in [0, 0.1) is 0 Å². The molecule has 1 unspecified atom stereocenters. The molecule has 25 heavy (non-hydrogen) atoms. The number of benzene rings is 2. The minimum absolute atomic E-state index is 0.126. The van der Waals surface area contributed by atoms with E-state index in [1.165, 1.54) is 29.5 Å². The molecule has 1 atom stereocenters. The molecule has 2 aromatic carbocycles. The molecule has 0 amide bonds. The quantitative estimate of drug-likeness (QED) is 0.437. The highest BCUT2D eigenvalue weighted by Gasteiger charge is 2.05. The Kier molecular flexibility index (Phi) is 6.58. The number of allylic oxidation sites excluding steroid dienone is 1. The Morgan fingerprint density at radius 1 is 1.04 bits per heavy atom. The predicted molar refractivity (Wildman–Crippen MR) is 101 cm³/mol. The standard InChI is InChI=1S/C22H24O3/c1-16(2)19-8-6-9-20(15-19)17(3)13-14-25-22(24)12-11-18-7-4-5-10-21(18)23/h4-17,23H,1-3H3/b12-11+,14-13?. The fraction of sp³-hybridized carbons (Fsp3) is 0.227. The molecule has 1 N–H and O–H groups in total. The van der Waals surface area contributed by atoms with E-state index in [-0.39, 0.29) is 11.7 Å². The number of rotatable bonds is 6. The Hall–Kier alpha value is -2.81. The van der Waals surface area contributed by atoms with Gasteiger partial charge in [0.05, 0.1) is 6.26 Å². The molecule has 2 rings (SSSR count). The molecule has 130 valence electrons. The first-order chi connectivity index (χ1) is 12.0. The molecule has 0 saturated carbocycles. The molecule has 0 spiro atoms. The van der Waals surface area contributed by atoms with Crippen LogP contribution in [0.5, 0.6) is 5.75 Å². The van der Waals surface area contributed by atoms with Crippen molar-refractivity contribution >= 4 is 12.0 Å². The number of para-hydroxylation sites is 1. The van der Waals surface area contributed by atoms with Gasteiger partial charge in [-0.1, -0.05) is 63.2 Å². The monoisotopic (exact) mass is 336 g/mol. The first-order valence-corrected chi connectivity index (χ1v) is 8.40. The Morgan fingerprint density at radius 3 is 2.48 bits per heavy atom. The van der Waals surface area contributed by atoms with Gasteiger partial charge in [0.25, 0.3) is 0 Å². The van der Waals surface area contributed by atoms with Crippen LogP contribution < -0.4 is 0 Å². The Morgan fingerprint density at radius 2 is 1.76 bits per heavy atom. The van der Waals surface area contributed by atoms with Gasteiger partial charge >= 0.3 is 5.97 Å². The van der Waals surface area contributed by atoms with Crippen molar-refractivity contribution in [1.29, 1.82) is 0 Å². The normalized spacial score (nSPS) is 12.8. The smallest absolute Gasteiger partial charge is 0.335 e. The lowest BCUT2D eigenvalue weighted by Gasteiger charge is -2.11. The van der Waals surface area contributed by atoms with Crippen molar-refractivity contribution in [2.75, 3.05) is 0 Å². The van der Waals surface area contributed by atoms with E-state index >= 15 is 0 Å². The number of carbonyl (C=O) groups is 1. The lowest BCUT2D eigenvalue weighted by molar-refractivity contribution is -0.132. The van der Waals surface area contributed by atoms with E-state index in [0.29, 0.717) is 11.5 Å². The minimum atomic E-state index is -0.484. The highest BCUT2D eigenvalue weighted by Crippen LogP contribution is 2.22. The van der Waals surface area contributed by atoms with E-state index in [9.17, 15) is 9.90 Å². The summed E-state index contributed by atoms with van der Waals surface area (Å²) in [6, 6.07) is 15.2. The molecule has 2 aromatic rings. The highest BCUT2D eigenvalue weighted by molar-refractivity contribution is 5.87. The summed E-state index contributed by atoms with van der Waals surface area (Å²) in [6.45, 7) is 6.39. The molecule has 0 heterocycles. The second-order valence-corrected chi connectivity index (χ2v) is 6.27. The highest BCUT2D eigenvalue weighted by atomic mass is 16.5. The van der Waals surface area contributed by atoms with Crippen LogP contribution in [0.25, 0.3) is 6.08 Å². The summed E-state index contributed by atoms with van der Waals surface area (Å²) in [5, 5.41) is 9.64. The Labute approximate surface area is 149 Å². The van der Waals surface area contributed by atoms with E-state index < -0.39 is 5.97 Å². The van der Waals surface area contributed by atoms with Crippen LogP contribution >= 0.6 is 0 Å². The van der Waals surface area contributed by atoms with Crippen LogP contribution in [0.4, 0.5) is 0 Å². The second kappa shape index (κ2) is 8.88. The van der Waals surface area contributed by atoms with E-state index in [0.717, 1.165) is 0 Å². The number of phenolic OH excluding ortho intramolecular Hbond substituents is 1. The average molecular weight is 336 g/mol. The Bertz CT molecular complexity index is 772. The van der Waals surface area contributed by atoms with Gasteiger partial charge in [0.15, 0.2) is 0 Å². The zero-order valence-electron chi connectivity index (χ0n) is 14.8. The van der Waals surface area contributed by atoms with Crippen LogP contribution in [-0.2, 0) is 9.53 Å². The van der Waals surface area contributed by atoms with Crippen molar-refractivity contribution < 1.29 is 14.6 Å². The number of aromatic hydroxyl groups is 1. The summed E-state index contributed by atoms with van der Waals surface area (Å²) in [7, 11) is 0. The molecule has 0 aliphatic heterocycles. The van der Waals surface area contributed by atoms with Crippen LogP contribution in [0.1, 0.15) is 49.3 Å². The average Bonchev–Trinajstić information content (AvgIpc) is 2.61. The summed E-state index contributed by atoms with van der Waals surface area (Å²) in [4.78, 5) is 11.7. The van der Waals surface area contributed by atoms with Gasteiger partial charge in [0.2, 0.25) is 0 Å². The number of esters is 1. The first-order valence-electron chi connectivity index (χ1n) is 8.40. The molecule has 0 aliphatic carbocycles. The van der Waals surface area contributed by atoms with Crippen LogP contribution in [0.15, 0.2) is 66.9 Å². The topological polar surface area (TPSA) is 46.5 Å².